The van der Waals surface area contributed by atoms with Crippen LogP contribution in [0.4, 0.5) is 5.69 Å². The summed E-state index contributed by atoms with van der Waals surface area (Å²) >= 11 is 0. The molecule has 1 aromatic carbocycles. The predicted molar refractivity (Wildman–Crippen MR) is 148 cm³/mol. The highest BCUT2D eigenvalue weighted by Gasteiger charge is 2.77. The molecule has 3 N–H and O–H groups in total. The zero-order chi connectivity index (χ0) is 28.0. The SMILES string of the molecule is CCCCCNC(=O)C1N(CCCCCCO)C(=O)[C@@H]2[C@@H](C(=O)Nc3ccc(OCC)cc3)[C@@]3(C)CCC12O3. The number of hydrogen-bond acceptors (Lipinski definition) is 6. The summed E-state index contributed by atoms with van der Waals surface area (Å²) in [5.41, 5.74) is -1.20. The fourth-order valence-corrected chi connectivity index (χ4v) is 6.82. The lowest BCUT2D eigenvalue weighted by Crippen LogP contribution is -2.55. The third-order valence-electron chi connectivity index (χ3n) is 8.63. The van der Waals surface area contributed by atoms with Gasteiger partial charge in [-0.2, -0.15) is 0 Å². The average Bonchev–Trinajstić information content (AvgIpc) is 3.48. The van der Waals surface area contributed by atoms with Gasteiger partial charge in [-0.25, -0.2) is 0 Å². The van der Waals surface area contributed by atoms with Crippen LogP contribution in [0.1, 0.15) is 78.6 Å². The third-order valence-corrected chi connectivity index (χ3v) is 8.63. The van der Waals surface area contributed by atoms with E-state index in [0.717, 1.165) is 50.7 Å². The zero-order valence-electron chi connectivity index (χ0n) is 23.7. The van der Waals surface area contributed by atoms with Gasteiger partial charge in [0.1, 0.15) is 17.4 Å². The molecule has 3 heterocycles. The number of carbonyl (C=O) groups is 3. The average molecular weight is 544 g/mol. The number of amides is 3. The second kappa shape index (κ2) is 12.7. The van der Waals surface area contributed by atoms with Crippen LogP contribution in [0.15, 0.2) is 24.3 Å². The standard InChI is InChI=1S/C30H45N3O6/c1-4-6-9-18-31-27(36)25-30-17-16-29(3,39-30)23(24(30)28(37)33(25)19-10-7-8-11-20-34)26(35)32-21-12-14-22(15-13-21)38-5-2/h12-15,23-25,34H,4-11,16-20H2,1-3H3,(H,31,36)(H,32,35)/t23-,24-,25?,29+,30?/m0/s1. The number of ether oxygens (including phenoxy) is 2. The first-order valence-electron chi connectivity index (χ1n) is 14.7. The van der Waals surface area contributed by atoms with Crippen LogP contribution < -0.4 is 15.4 Å². The molecule has 3 aliphatic heterocycles. The smallest absolute Gasteiger partial charge is 0.245 e. The van der Waals surface area contributed by atoms with Gasteiger partial charge in [-0.3, -0.25) is 14.4 Å². The van der Waals surface area contributed by atoms with Gasteiger partial charge in [0.2, 0.25) is 17.7 Å². The Morgan fingerprint density at radius 1 is 1.05 bits per heavy atom. The molecule has 9 nitrogen and oxygen atoms in total. The van der Waals surface area contributed by atoms with Crippen LogP contribution in [0.5, 0.6) is 5.75 Å². The largest absolute Gasteiger partial charge is 0.494 e. The maximum Gasteiger partial charge on any atom is 0.245 e. The van der Waals surface area contributed by atoms with Crippen molar-refractivity contribution in [2.75, 3.05) is 31.6 Å². The van der Waals surface area contributed by atoms with Crippen molar-refractivity contribution in [1.82, 2.24) is 10.2 Å². The number of benzene rings is 1. The number of likely N-dealkylation sites (tertiary alicyclic amines) is 1. The predicted octanol–water partition coefficient (Wildman–Crippen LogP) is 3.65. The van der Waals surface area contributed by atoms with Crippen molar-refractivity contribution in [2.45, 2.75) is 95.8 Å². The third kappa shape index (κ3) is 5.80. The lowest BCUT2D eigenvalue weighted by molar-refractivity contribution is -0.145. The summed E-state index contributed by atoms with van der Waals surface area (Å²) < 4.78 is 12.2. The van der Waals surface area contributed by atoms with E-state index in [9.17, 15) is 14.4 Å². The van der Waals surface area contributed by atoms with Gasteiger partial charge in [0.25, 0.3) is 0 Å². The maximum atomic E-state index is 14.0. The van der Waals surface area contributed by atoms with Crippen LogP contribution in [0.2, 0.25) is 0 Å². The van der Waals surface area contributed by atoms with Gasteiger partial charge in [-0.1, -0.05) is 32.6 Å². The minimum atomic E-state index is -1.01. The molecule has 5 atom stereocenters. The summed E-state index contributed by atoms with van der Waals surface area (Å²) in [4.78, 5) is 43.1. The van der Waals surface area contributed by atoms with Gasteiger partial charge in [0, 0.05) is 25.4 Å². The van der Waals surface area contributed by atoms with Gasteiger partial charge in [-0.15, -0.1) is 0 Å². The first kappa shape index (κ1) is 29.3. The Balaban J connectivity index is 1.56. The minimum Gasteiger partial charge on any atom is -0.494 e. The van der Waals surface area contributed by atoms with Gasteiger partial charge < -0.3 is 30.1 Å². The van der Waals surface area contributed by atoms with Crippen molar-refractivity contribution < 1.29 is 29.0 Å². The first-order valence-corrected chi connectivity index (χ1v) is 14.7. The molecule has 0 saturated carbocycles. The van der Waals surface area contributed by atoms with Crippen LogP contribution in [0, 0.1) is 11.8 Å². The Morgan fingerprint density at radius 2 is 1.79 bits per heavy atom. The minimum absolute atomic E-state index is 0.147. The fourth-order valence-electron chi connectivity index (χ4n) is 6.82. The monoisotopic (exact) mass is 543 g/mol. The van der Waals surface area contributed by atoms with E-state index >= 15 is 0 Å². The Morgan fingerprint density at radius 3 is 2.49 bits per heavy atom. The summed E-state index contributed by atoms with van der Waals surface area (Å²) in [5.74, 6) is -1.29. The number of aliphatic hydroxyl groups excluding tert-OH is 1. The molecular weight excluding hydrogens is 498 g/mol. The molecule has 0 aliphatic carbocycles. The number of carbonyl (C=O) groups excluding carboxylic acids is 3. The summed E-state index contributed by atoms with van der Waals surface area (Å²) in [5, 5.41) is 15.2. The molecule has 4 rings (SSSR count). The maximum absolute atomic E-state index is 14.0. The van der Waals surface area contributed by atoms with Crippen LogP contribution in [-0.2, 0) is 19.1 Å². The molecular formula is C30H45N3O6. The number of aliphatic hydroxyl groups is 1. The van der Waals surface area contributed by atoms with E-state index < -0.39 is 29.1 Å². The van der Waals surface area contributed by atoms with E-state index in [2.05, 4.69) is 17.6 Å². The number of rotatable bonds is 15. The second-order valence-electron chi connectivity index (χ2n) is 11.3. The van der Waals surface area contributed by atoms with E-state index in [1.54, 1.807) is 29.2 Å². The Kier molecular flexibility index (Phi) is 9.54. The molecule has 3 saturated heterocycles. The van der Waals surface area contributed by atoms with E-state index in [1.165, 1.54) is 0 Å². The quantitative estimate of drug-likeness (QED) is 0.291. The van der Waals surface area contributed by atoms with Crippen molar-refractivity contribution in [3.05, 3.63) is 24.3 Å². The highest BCUT2D eigenvalue weighted by Crippen LogP contribution is 2.63. The topological polar surface area (TPSA) is 117 Å². The summed E-state index contributed by atoms with van der Waals surface area (Å²) in [7, 11) is 0. The normalized spacial score (nSPS) is 29.0. The molecule has 3 aliphatic rings. The van der Waals surface area contributed by atoms with Gasteiger partial charge in [-0.05, 0) is 70.2 Å². The lowest BCUT2D eigenvalue weighted by atomic mass is 9.66. The van der Waals surface area contributed by atoms with Crippen molar-refractivity contribution >= 4 is 23.4 Å². The molecule has 9 heteroatoms. The molecule has 216 valence electrons. The van der Waals surface area contributed by atoms with Crippen molar-refractivity contribution in [2.24, 2.45) is 11.8 Å². The van der Waals surface area contributed by atoms with Crippen molar-refractivity contribution in [3.8, 4) is 5.75 Å². The molecule has 1 aromatic rings. The summed E-state index contributed by atoms with van der Waals surface area (Å²) in [6, 6.07) is 6.43. The highest BCUT2D eigenvalue weighted by molar-refractivity contribution is 6.02. The number of fused-ring (bicyclic) bond motifs is 1. The van der Waals surface area contributed by atoms with Gasteiger partial charge in [0.05, 0.1) is 24.0 Å². The highest BCUT2D eigenvalue weighted by atomic mass is 16.5. The molecule has 39 heavy (non-hydrogen) atoms. The number of hydrogen-bond donors (Lipinski definition) is 3. The van der Waals surface area contributed by atoms with Crippen LogP contribution in [0.3, 0.4) is 0 Å². The number of nitrogens with one attached hydrogen (secondary N) is 2. The van der Waals surface area contributed by atoms with Crippen LogP contribution in [-0.4, -0.2) is 71.3 Å². The number of anilines is 1. The Labute approximate surface area is 232 Å². The zero-order valence-corrected chi connectivity index (χ0v) is 23.7. The molecule has 3 fully saturated rings. The van der Waals surface area contributed by atoms with E-state index in [4.69, 9.17) is 14.6 Å². The van der Waals surface area contributed by atoms with Crippen LogP contribution in [0.25, 0.3) is 0 Å². The van der Waals surface area contributed by atoms with E-state index in [1.807, 2.05) is 13.8 Å². The van der Waals surface area contributed by atoms with Crippen LogP contribution >= 0.6 is 0 Å². The second-order valence-corrected chi connectivity index (χ2v) is 11.3. The number of nitrogens with zero attached hydrogens (tertiary/aromatic N) is 1. The first-order chi connectivity index (χ1) is 18.8. The van der Waals surface area contributed by atoms with Gasteiger partial charge >= 0.3 is 0 Å². The summed E-state index contributed by atoms with van der Waals surface area (Å²) in [6.07, 6.45) is 7.31. The molecule has 0 radical (unpaired) electrons. The van der Waals surface area contributed by atoms with Gasteiger partial charge in [0.15, 0.2) is 0 Å². The van der Waals surface area contributed by atoms with Crippen molar-refractivity contribution in [1.29, 1.82) is 0 Å². The Bertz CT molecular complexity index is 1020. The fraction of sp³-hybridized carbons (Fsp3) is 0.700. The summed E-state index contributed by atoms with van der Waals surface area (Å²) in [6.45, 7) is 7.63. The molecule has 1 spiro atoms. The molecule has 2 bridgehead atoms. The molecule has 0 aromatic heterocycles. The Hall–Kier alpha value is -2.65. The molecule has 3 amide bonds. The number of unbranched alkanes of at least 4 members (excludes halogenated alkanes) is 5. The van der Waals surface area contributed by atoms with E-state index in [0.29, 0.717) is 38.2 Å². The van der Waals surface area contributed by atoms with Crippen molar-refractivity contribution in [3.63, 3.8) is 0 Å². The van der Waals surface area contributed by atoms with E-state index in [-0.39, 0.29) is 24.3 Å². The lowest BCUT2D eigenvalue weighted by Gasteiger charge is -2.33. The molecule has 2 unspecified atom stereocenters.